The number of ether oxygens (including phenoxy) is 2. The summed E-state index contributed by atoms with van der Waals surface area (Å²) in [5.74, 6) is 0.668. The molecule has 0 aliphatic carbocycles. The largest absolute Gasteiger partial charge is 0.487 e. The summed E-state index contributed by atoms with van der Waals surface area (Å²) in [5.41, 5.74) is 4.29. The Bertz CT molecular complexity index is 1130. The van der Waals surface area contributed by atoms with Crippen LogP contribution in [0.5, 0.6) is 5.75 Å². The van der Waals surface area contributed by atoms with Crippen molar-refractivity contribution in [3.05, 3.63) is 77.6 Å². The molecule has 0 bridgehead atoms. The van der Waals surface area contributed by atoms with E-state index in [0.29, 0.717) is 24.3 Å². The molecular formula is C25H24N2O4S. The van der Waals surface area contributed by atoms with Gasteiger partial charge in [0.1, 0.15) is 11.9 Å². The Morgan fingerprint density at radius 1 is 1.16 bits per heavy atom. The second-order valence-electron chi connectivity index (χ2n) is 7.56. The molecule has 7 heteroatoms. The van der Waals surface area contributed by atoms with Crippen LogP contribution in [-0.2, 0) is 16.0 Å². The Hall–Kier alpha value is -3.32. The molecule has 0 fully saturated rings. The lowest BCUT2D eigenvalue weighted by Gasteiger charge is -2.15. The molecule has 1 aromatic heterocycles. The fourth-order valence-electron chi connectivity index (χ4n) is 3.77. The second-order valence-corrected chi connectivity index (χ2v) is 8.61. The number of nitrogens with one attached hydrogen (secondary N) is 1. The topological polar surface area (TPSA) is 77.5 Å². The van der Waals surface area contributed by atoms with Crippen molar-refractivity contribution >= 4 is 23.6 Å². The average molecular weight is 449 g/mol. The normalized spacial score (nSPS) is 14.4. The van der Waals surface area contributed by atoms with Crippen LogP contribution in [0.25, 0.3) is 11.1 Å². The molecule has 0 unspecified atom stereocenters. The Morgan fingerprint density at radius 3 is 2.72 bits per heavy atom. The third-order valence-electron chi connectivity index (χ3n) is 5.21. The first-order valence-corrected chi connectivity index (χ1v) is 11.3. The number of benzene rings is 2. The molecule has 0 saturated heterocycles. The molecule has 1 amide bonds. The average Bonchev–Trinajstić information content (AvgIpc) is 3.23. The Balaban J connectivity index is 1.45. The van der Waals surface area contributed by atoms with Crippen molar-refractivity contribution in [2.24, 2.45) is 0 Å². The fraction of sp³-hybridized carbons (Fsp3) is 0.240. The maximum absolute atomic E-state index is 12.3. The van der Waals surface area contributed by atoms with Crippen molar-refractivity contribution in [1.29, 1.82) is 0 Å². The summed E-state index contributed by atoms with van der Waals surface area (Å²) in [7, 11) is 1.38. The lowest BCUT2D eigenvalue weighted by Crippen LogP contribution is -2.35. The molecule has 1 N–H and O–H groups in total. The summed E-state index contributed by atoms with van der Waals surface area (Å²) in [6.07, 6.45) is 3.96. The first-order chi connectivity index (χ1) is 15.5. The highest BCUT2D eigenvalue weighted by molar-refractivity contribution is 8.00. The highest BCUT2D eigenvalue weighted by Gasteiger charge is 2.28. The molecule has 0 spiro atoms. The molecule has 3 aromatic rings. The predicted molar refractivity (Wildman–Crippen MR) is 124 cm³/mol. The Morgan fingerprint density at radius 2 is 1.94 bits per heavy atom. The molecule has 32 heavy (non-hydrogen) atoms. The van der Waals surface area contributed by atoms with Crippen molar-refractivity contribution in [2.75, 3.05) is 19.4 Å². The van der Waals surface area contributed by atoms with Crippen LogP contribution < -0.4 is 10.1 Å². The van der Waals surface area contributed by atoms with E-state index in [0.717, 1.165) is 32.9 Å². The van der Waals surface area contributed by atoms with E-state index < -0.39 is 0 Å². The van der Waals surface area contributed by atoms with Crippen LogP contribution in [0.15, 0.2) is 65.8 Å². The van der Waals surface area contributed by atoms with Gasteiger partial charge in [-0.2, -0.15) is 0 Å². The van der Waals surface area contributed by atoms with Crippen molar-refractivity contribution in [1.82, 2.24) is 10.3 Å². The number of aryl methyl sites for hydroxylation is 1. The van der Waals surface area contributed by atoms with Gasteiger partial charge in [0.25, 0.3) is 0 Å². The van der Waals surface area contributed by atoms with Gasteiger partial charge < -0.3 is 14.8 Å². The summed E-state index contributed by atoms with van der Waals surface area (Å²) in [6.45, 7) is 2.44. The maximum Gasteiger partial charge on any atom is 0.338 e. The van der Waals surface area contributed by atoms with E-state index in [9.17, 15) is 9.59 Å². The Kier molecular flexibility index (Phi) is 6.75. The monoisotopic (exact) mass is 448 g/mol. The molecule has 2 heterocycles. The van der Waals surface area contributed by atoms with E-state index >= 15 is 0 Å². The number of fused-ring (bicyclic) bond motifs is 1. The van der Waals surface area contributed by atoms with Crippen molar-refractivity contribution < 1.29 is 19.1 Å². The third-order valence-corrected chi connectivity index (χ3v) is 6.22. The molecule has 1 aliphatic rings. The van der Waals surface area contributed by atoms with Gasteiger partial charge in [-0.05, 0) is 47.9 Å². The first-order valence-electron chi connectivity index (χ1n) is 10.3. The second kappa shape index (κ2) is 9.87. The number of esters is 1. The van der Waals surface area contributed by atoms with Crippen LogP contribution in [0.3, 0.4) is 0 Å². The molecule has 2 aromatic carbocycles. The molecule has 0 saturated carbocycles. The summed E-state index contributed by atoms with van der Waals surface area (Å²) in [4.78, 5) is 29.6. The van der Waals surface area contributed by atoms with E-state index in [1.807, 2.05) is 43.3 Å². The molecule has 4 rings (SSSR count). The number of rotatable bonds is 7. The van der Waals surface area contributed by atoms with Gasteiger partial charge in [-0.25, -0.2) is 4.79 Å². The standard InChI is InChI=1S/C25H24N2O4S/c1-16-11-17-13-18(14-27-23(28)15-32-19-7-9-26-10-8-19)31-24(17)22(12-16)20-5-3-4-6-21(20)25(29)30-2/h3-12,18H,13-15H2,1-2H3,(H,27,28)/t18-/m1/s1. The lowest BCUT2D eigenvalue weighted by molar-refractivity contribution is -0.118. The number of aromatic nitrogens is 1. The van der Waals surface area contributed by atoms with Crippen molar-refractivity contribution in [3.63, 3.8) is 0 Å². The third kappa shape index (κ3) is 4.94. The number of nitrogens with zero attached hydrogens (tertiary/aromatic N) is 1. The zero-order chi connectivity index (χ0) is 22.5. The van der Waals surface area contributed by atoms with Gasteiger partial charge >= 0.3 is 5.97 Å². The fourth-order valence-corrected chi connectivity index (χ4v) is 4.49. The predicted octanol–water partition coefficient (Wildman–Crippen LogP) is 4.06. The summed E-state index contributed by atoms with van der Waals surface area (Å²) >= 11 is 1.47. The van der Waals surface area contributed by atoms with Crippen LogP contribution in [0, 0.1) is 6.92 Å². The maximum atomic E-state index is 12.3. The quantitative estimate of drug-likeness (QED) is 0.434. The van der Waals surface area contributed by atoms with Crippen LogP contribution in [0.2, 0.25) is 0 Å². The number of carbonyl (C=O) groups is 2. The van der Waals surface area contributed by atoms with E-state index in [1.54, 1.807) is 18.5 Å². The number of hydrogen-bond acceptors (Lipinski definition) is 6. The SMILES string of the molecule is COC(=O)c1ccccc1-c1cc(C)cc2c1O[C@@H](CNC(=O)CSc1ccncc1)C2. The van der Waals surface area contributed by atoms with Gasteiger partial charge in [0.2, 0.25) is 5.91 Å². The van der Waals surface area contributed by atoms with Gasteiger partial charge in [-0.1, -0.05) is 24.3 Å². The summed E-state index contributed by atoms with van der Waals surface area (Å²) < 4.78 is 11.2. The number of hydrogen-bond donors (Lipinski definition) is 1. The zero-order valence-electron chi connectivity index (χ0n) is 18.0. The van der Waals surface area contributed by atoms with Gasteiger partial charge in [-0.15, -0.1) is 11.8 Å². The van der Waals surface area contributed by atoms with Crippen molar-refractivity contribution in [2.45, 2.75) is 24.3 Å². The number of thioether (sulfide) groups is 1. The molecule has 1 aliphatic heterocycles. The van der Waals surface area contributed by atoms with Gasteiger partial charge in [0, 0.05) is 29.3 Å². The van der Waals surface area contributed by atoms with Gasteiger partial charge in [0.05, 0.1) is 25.0 Å². The molecular weight excluding hydrogens is 424 g/mol. The van der Waals surface area contributed by atoms with Gasteiger partial charge in [-0.3, -0.25) is 9.78 Å². The van der Waals surface area contributed by atoms with Crippen LogP contribution in [0.1, 0.15) is 21.5 Å². The highest BCUT2D eigenvalue weighted by Crippen LogP contribution is 2.41. The lowest BCUT2D eigenvalue weighted by atomic mass is 9.94. The first kappa shape index (κ1) is 21.9. The highest BCUT2D eigenvalue weighted by atomic mass is 32.2. The van der Waals surface area contributed by atoms with E-state index in [4.69, 9.17) is 9.47 Å². The number of methoxy groups -OCH3 is 1. The number of carbonyl (C=O) groups excluding carboxylic acids is 2. The minimum atomic E-state index is -0.385. The van der Waals surface area contributed by atoms with Crippen LogP contribution >= 0.6 is 11.8 Å². The minimum absolute atomic E-state index is 0.0428. The van der Waals surface area contributed by atoms with Crippen LogP contribution in [0.4, 0.5) is 0 Å². The molecule has 1 atom stereocenters. The number of amides is 1. The molecule has 164 valence electrons. The van der Waals surface area contributed by atoms with Crippen molar-refractivity contribution in [3.8, 4) is 16.9 Å². The summed E-state index contributed by atoms with van der Waals surface area (Å²) in [5, 5.41) is 2.97. The van der Waals surface area contributed by atoms with E-state index in [2.05, 4.69) is 16.4 Å². The molecule has 6 nitrogen and oxygen atoms in total. The smallest absolute Gasteiger partial charge is 0.338 e. The Labute approximate surface area is 191 Å². The molecule has 0 radical (unpaired) electrons. The van der Waals surface area contributed by atoms with E-state index in [1.165, 1.54) is 18.9 Å². The number of pyridine rings is 1. The van der Waals surface area contributed by atoms with Gasteiger partial charge in [0.15, 0.2) is 0 Å². The summed E-state index contributed by atoms with van der Waals surface area (Å²) in [6, 6.07) is 15.2. The van der Waals surface area contributed by atoms with E-state index in [-0.39, 0.29) is 18.0 Å². The van der Waals surface area contributed by atoms with Crippen LogP contribution in [-0.4, -0.2) is 42.4 Å². The zero-order valence-corrected chi connectivity index (χ0v) is 18.8. The minimum Gasteiger partial charge on any atom is -0.487 e.